The van der Waals surface area contributed by atoms with Crippen molar-refractivity contribution in [2.45, 2.75) is 39.2 Å². The highest BCUT2D eigenvalue weighted by Gasteiger charge is 2.25. The van der Waals surface area contributed by atoms with E-state index in [0.717, 1.165) is 25.2 Å². The van der Waals surface area contributed by atoms with Gasteiger partial charge in [-0.1, -0.05) is 13.8 Å². The van der Waals surface area contributed by atoms with E-state index in [-0.39, 0.29) is 30.9 Å². The van der Waals surface area contributed by atoms with Crippen LogP contribution in [0, 0.1) is 11.8 Å². The minimum atomic E-state index is -0.300. The number of nitrogens with two attached hydrogens (primary N) is 1. The molecule has 1 aliphatic rings. The summed E-state index contributed by atoms with van der Waals surface area (Å²) in [6, 6.07) is 0.253. The van der Waals surface area contributed by atoms with Crippen LogP contribution in [0.5, 0.6) is 0 Å². The number of amides is 2. The largest absolute Gasteiger partial charge is 0.352 e. The maximum Gasteiger partial charge on any atom is 0.239 e. The second-order valence-corrected chi connectivity index (χ2v) is 5.01. The molecule has 1 aliphatic carbocycles. The summed E-state index contributed by atoms with van der Waals surface area (Å²) in [5.41, 5.74) is 5.13. The molecular weight excluding hydrogens is 218 g/mol. The molecule has 0 bridgehead atoms. The lowest BCUT2D eigenvalue weighted by molar-refractivity contribution is -0.126. The van der Waals surface area contributed by atoms with E-state index in [0.29, 0.717) is 5.92 Å². The van der Waals surface area contributed by atoms with Crippen molar-refractivity contribution >= 4 is 11.8 Å². The normalized spacial score (nSPS) is 28.5. The highest BCUT2D eigenvalue weighted by Crippen LogP contribution is 2.29. The van der Waals surface area contributed by atoms with Crippen molar-refractivity contribution in [2.24, 2.45) is 17.6 Å². The summed E-state index contributed by atoms with van der Waals surface area (Å²) < 4.78 is 0. The highest BCUT2D eigenvalue weighted by molar-refractivity contribution is 5.85. The third-order valence-electron chi connectivity index (χ3n) is 3.59. The molecule has 0 radical (unpaired) electrons. The van der Waals surface area contributed by atoms with Crippen LogP contribution in [-0.4, -0.2) is 30.9 Å². The van der Waals surface area contributed by atoms with Crippen molar-refractivity contribution in [3.63, 3.8) is 0 Å². The molecule has 0 aliphatic heterocycles. The van der Waals surface area contributed by atoms with Crippen molar-refractivity contribution in [1.29, 1.82) is 0 Å². The number of hydrogen-bond acceptors (Lipinski definition) is 3. The van der Waals surface area contributed by atoms with Crippen LogP contribution in [-0.2, 0) is 9.59 Å². The molecule has 3 atom stereocenters. The molecule has 0 heterocycles. The highest BCUT2D eigenvalue weighted by atomic mass is 16.2. The number of carbonyl (C=O) groups is 2. The lowest BCUT2D eigenvalue weighted by Crippen LogP contribution is -2.45. The second-order valence-electron chi connectivity index (χ2n) is 5.01. The monoisotopic (exact) mass is 241 g/mol. The Hall–Kier alpha value is -1.10. The van der Waals surface area contributed by atoms with Gasteiger partial charge in [0, 0.05) is 6.04 Å². The van der Waals surface area contributed by atoms with Crippen LogP contribution >= 0.6 is 0 Å². The number of nitrogens with one attached hydrogen (secondary N) is 2. The standard InChI is InChI=1S/C12H23N3O2/c1-8-3-4-10(5-9(8)2)15-12(17)7-14-11(16)6-13/h8-10H,3-7,13H2,1-2H3,(H,14,16)(H,15,17). The molecule has 0 aromatic rings. The average molecular weight is 241 g/mol. The van der Waals surface area contributed by atoms with Gasteiger partial charge in [0.25, 0.3) is 0 Å². The zero-order valence-corrected chi connectivity index (χ0v) is 10.7. The predicted molar refractivity (Wildman–Crippen MR) is 66.2 cm³/mol. The van der Waals surface area contributed by atoms with E-state index in [1.165, 1.54) is 0 Å². The Balaban J connectivity index is 2.25. The van der Waals surface area contributed by atoms with Crippen LogP contribution in [0.1, 0.15) is 33.1 Å². The van der Waals surface area contributed by atoms with Gasteiger partial charge in [-0.25, -0.2) is 0 Å². The molecule has 0 saturated heterocycles. The lowest BCUT2D eigenvalue weighted by atomic mass is 9.79. The number of hydrogen-bond donors (Lipinski definition) is 3. The van der Waals surface area contributed by atoms with E-state index in [1.54, 1.807) is 0 Å². The first-order valence-corrected chi connectivity index (χ1v) is 6.29. The van der Waals surface area contributed by atoms with Crippen LogP contribution in [0.3, 0.4) is 0 Å². The maximum atomic E-state index is 11.6. The molecule has 98 valence electrons. The van der Waals surface area contributed by atoms with Crippen molar-refractivity contribution in [2.75, 3.05) is 13.1 Å². The smallest absolute Gasteiger partial charge is 0.239 e. The van der Waals surface area contributed by atoms with E-state index >= 15 is 0 Å². The van der Waals surface area contributed by atoms with Gasteiger partial charge in [0.05, 0.1) is 13.1 Å². The minimum Gasteiger partial charge on any atom is -0.352 e. The molecule has 17 heavy (non-hydrogen) atoms. The Morgan fingerprint density at radius 1 is 1.18 bits per heavy atom. The van der Waals surface area contributed by atoms with E-state index in [1.807, 2.05) is 0 Å². The van der Waals surface area contributed by atoms with Crippen LogP contribution in [0.15, 0.2) is 0 Å². The summed E-state index contributed by atoms with van der Waals surface area (Å²) in [7, 11) is 0. The summed E-state index contributed by atoms with van der Waals surface area (Å²) in [6.07, 6.45) is 3.21. The Labute approximate surface area is 103 Å². The van der Waals surface area contributed by atoms with Gasteiger partial charge >= 0.3 is 0 Å². The van der Waals surface area contributed by atoms with Gasteiger partial charge in [0.1, 0.15) is 0 Å². The Morgan fingerprint density at radius 2 is 1.88 bits per heavy atom. The zero-order chi connectivity index (χ0) is 12.8. The topological polar surface area (TPSA) is 84.2 Å². The summed E-state index contributed by atoms with van der Waals surface area (Å²) in [5, 5.41) is 5.42. The van der Waals surface area contributed by atoms with E-state index < -0.39 is 0 Å². The van der Waals surface area contributed by atoms with E-state index in [4.69, 9.17) is 5.73 Å². The molecule has 0 spiro atoms. The predicted octanol–water partition coefficient (Wildman–Crippen LogP) is 0.00220. The van der Waals surface area contributed by atoms with Crippen LogP contribution in [0.2, 0.25) is 0 Å². The summed E-state index contributed by atoms with van der Waals surface area (Å²) in [6.45, 7) is 4.42. The molecule has 0 aromatic carbocycles. The molecule has 1 saturated carbocycles. The van der Waals surface area contributed by atoms with Crippen molar-refractivity contribution in [3.8, 4) is 0 Å². The second kappa shape index (κ2) is 6.59. The molecule has 5 nitrogen and oxygen atoms in total. The van der Waals surface area contributed by atoms with Gasteiger partial charge in [-0.05, 0) is 31.1 Å². The summed E-state index contributed by atoms with van der Waals surface area (Å²) >= 11 is 0. The Kier molecular flexibility index (Phi) is 5.41. The third kappa shape index (κ3) is 4.73. The molecule has 2 amide bonds. The Morgan fingerprint density at radius 3 is 2.47 bits per heavy atom. The van der Waals surface area contributed by atoms with Crippen molar-refractivity contribution in [3.05, 3.63) is 0 Å². The summed E-state index contributed by atoms with van der Waals surface area (Å²) in [5.74, 6) is 0.956. The fourth-order valence-corrected chi connectivity index (χ4v) is 2.21. The van der Waals surface area contributed by atoms with Gasteiger partial charge < -0.3 is 16.4 Å². The lowest BCUT2D eigenvalue weighted by Gasteiger charge is -2.32. The zero-order valence-electron chi connectivity index (χ0n) is 10.7. The third-order valence-corrected chi connectivity index (χ3v) is 3.59. The average Bonchev–Trinajstić information content (AvgIpc) is 2.31. The molecule has 3 unspecified atom stereocenters. The van der Waals surface area contributed by atoms with Gasteiger partial charge in [0.2, 0.25) is 11.8 Å². The molecule has 1 fully saturated rings. The van der Waals surface area contributed by atoms with Crippen LogP contribution in [0.4, 0.5) is 0 Å². The molecular formula is C12H23N3O2. The van der Waals surface area contributed by atoms with Gasteiger partial charge in [0.15, 0.2) is 0 Å². The number of carbonyl (C=O) groups excluding carboxylic acids is 2. The van der Waals surface area contributed by atoms with Crippen molar-refractivity contribution in [1.82, 2.24) is 10.6 Å². The fourth-order valence-electron chi connectivity index (χ4n) is 2.21. The van der Waals surface area contributed by atoms with Crippen LogP contribution < -0.4 is 16.4 Å². The number of rotatable bonds is 4. The quantitative estimate of drug-likeness (QED) is 0.648. The fraction of sp³-hybridized carbons (Fsp3) is 0.833. The summed E-state index contributed by atoms with van der Waals surface area (Å²) in [4.78, 5) is 22.4. The first-order chi connectivity index (χ1) is 8.02. The van der Waals surface area contributed by atoms with E-state index in [9.17, 15) is 9.59 Å². The van der Waals surface area contributed by atoms with Gasteiger partial charge in [-0.2, -0.15) is 0 Å². The van der Waals surface area contributed by atoms with Crippen LogP contribution in [0.25, 0.3) is 0 Å². The SMILES string of the molecule is CC1CCC(NC(=O)CNC(=O)CN)CC1C. The first-order valence-electron chi connectivity index (χ1n) is 6.29. The Bertz CT molecular complexity index is 281. The van der Waals surface area contributed by atoms with E-state index in [2.05, 4.69) is 24.5 Å². The minimum absolute atomic E-state index is 0.0243. The molecule has 1 rings (SSSR count). The molecule has 0 aromatic heterocycles. The van der Waals surface area contributed by atoms with Gasteiger partial charge in [-0.15, -0.1) is 0 Å². The van der Waals surface area contributed by atoms with Gasteiger partial charge in [-0.3, -0.25) is 9.59 Å². The maximum absolute atomic E-state index is 11.6. The molecule has 4 N–H and O–H groups in total. The van der Waals surface area contributed by atoms with Crippen molar-refractivity contribution < 1.29 is 9.59 Å². The first kappa shape index (κ1) is 14.0. The molecule has 5 heteroatoms.